The van der Waals surface area contributed by atoms with Crippen LogP contribution < -0.4 is 4.90 Å². The molecule has 1 unspecified atom stereocenters. The third-order valence-corrected chi connectivity index (χ3v) is 4.00. The Morgan fingerprint density at radius 3 is 2.50 bits per heavy atom. The summed E-state index contributed by atoms with van der Waals surface area (Å²) in [6.07, 6.45) is 5.37. The molecular formula is C14H24N2OS. The largest absolute Gasteiger partial charge is 0.387 e. The molecule has 1 N–H and O–H groups in total. The van der Waals surface area contributed by atoms with Gasteiger partial charge in [0.1, 0.15) is 0 Å². The van der Waals surface area contributed by atoms with Crippen LogP contribution in [0.2, 0.25) is 0 Å². The van der Waals surface area contributed by atoms with Crippen LogP contribution in [0.3, 0.4) is 0 Å². The van der Waals surface area contributed by atoms with Crippen molar-refractivity contribution in [1.29, 1.82) is 0 Å². The predicted molar refractivity (Wildman–Crippen MR) is 80.4 cm³/mol. The van der Waals surface area contributed by atoms with Gasteiger partial charge in [-0.3, -0.25) is 4.98 Å². The van der Waals surface area contributed by atoms with Crippen LogP contribution in [0.5, 0.6) is 0 Å². The van der Waals surface area contributed by atoms with E-state index in [1.54, 1.807) is 0 Å². The first-order valence-corrected chi connectivity index (χ1v) is 7.89. The van der Waals surface area contributed by atoms with Crippen LogP contribution in [0, 0.1) is 0 Å². The van der Waals surface area contributed by atoms with E-state index in [2.05, 4.69) is 30.1 Å². The molecule has 0 saturated heterocycles. The number of thioether (sulfide) groups is 1. The number of rotatable bonds is 7. The first kappa shape index (κ1) is 15.3. The molecule has 0 aromatic carbocycles. The van der Waals surface area contributed by atoms with Gasteiger partial charge in [0.05, 0.1) is 23.7 Å². The molecule has 1 aromatic heterocycles. The van der Waals surface area contributed by atoms with E-state index in [0.717, 1.165) is 23.6 Å². The average Bonchev–Trinajstić information content (AvgIpc) is 2.43. The molecular weight excluding hydrogens is 244 g/mol. The minimum Gasteiger partial charge on any atom is -0.387 e. The van der Waals surface area contributed by atoms with E-state index in [9.17, 15) is 5.11 Å². The second kappa shape index (κ2) is 7.64. The first-order valence-electron chi connectivity index (χ1n) is 6.49. The number of anilines is 1. The fourth-order valence-electron chi connectivity index (χ4n) is 1.92. The molecule has 3 nitrogen and oxygen atoms in total. The summed E-state index contributed by atoms with van der Waals surface area (Å²) in [5, 5.41) is 9.72. The number of aromatic nitrogens is 1. The highest BCUT2D eigenvalue weighted by Crippen LogP contribution is 2.20. The normalized spacial score (nSPS) is 14.3. The molecule has 1 heterocycles. The van der Waals surface area contributed by atoms with Gasteiger partial charge >= 0.3 is 0 Å². The highest BCUT2D eigenvalue weighted by atomic mass is 32.2. The maximum Gasteiger partial charge on any atom is 0.0957 e. The molecule has 2 atom stereocenters. The molecule has 0 aliphatic heterocycles. The number of nitrogens with zero attached hydrogens (tertiary/aromatic N) is 2. The maximum atomic E-state index is 9.72. The van der Waals surface area contributed by atoms with Crippen molar-refractivity contribution in [2.75, 3.05) is 24.0 Å². The summed E-state index contributed by atoms with van der Waals surface area (Å²) in [6, 6.07) is 4.50. The van der Waals surface area contributed by atoms with Gasteiger partial charge in [-0.15, -0.1) is 0 Å². The molecule has 0 fully saturated rings. The molecule has 0 aliphatic rings. The Morgan fingerprint density at radius 2 is 2.06 bits per heavy atom. The zero-order valence-corrected chi connectivity index (χ0v) is 12.6. The summed E-state index contributed by atoms with van der Waals surface area (Å²) < 4.78 is 0. The molecule has 0 bridgehead atoms. The summed E-state index contributed by atoms with van der Waals surface area (Å²) in [4.78, 5) is 6.62. The zero-order valence-electron chi connectivity index (χ0n) is 11.8. The number of aliphatic hydroxyl groups excluding tert-OH is 1. The Hall–Kier alpha value is -0.740. The van der Waals surface area contributed by atoms with Crippen LogP contribution in [0.4, 0.5) is 5.69 Å². The van der Waals surface area contributed by atoms with Crippen LogP contribution >= 0.6 is 11.8 Å². The fourth-order valence-corrected chi connectivity index (χ4v) is 2.76. The molecule has 4 heteroatoms. The van der Waals surface area contributed by atoms with Crippen molar-refractivity contribution in [3.63, 3.8) is 0 Å². The quantitative estimate of drug-likeness (QED) is 0.824. The van der Waals surface area contributed by atoms with Gasteiger partial charge in [0.25, 0.3) is 0 Å². The van der Waals surface area contributed by atoms with Gasteiger partial charge in [0, 0.05) is 18.8 Å². The number of aliphatic hydroxyl groups is 1. The van der Waals surface area contributed by atoms with E-state index in [4.69, 9.17) is 0 Å². The minimum absolute atomic E-state index is 0.447. The Bertz CT molecular complexity index is 342. The topological polar surface area (TPSA) is 36.4 Å². The molecule has 0 spiro atoms. The number of hydrogen-bond acceptors (Lipinski definition) is 4. The van der Waals surface area contributed by atoms with Crippen molar-refractivity contribution >= 4 is 17.4 Å². The monoisotopic (exact) mass is 268 g/mol. The fraction of sp³-hybridized carbons (Fsp3) is 0.643. The smallest absolute Gasteiger partial charge is 0.0957 e. The van der Waals surface area contributed by atoms with E-state index >= 15 is 0 Å². The lowest BCUT2D eigenvalue weighted by atomic mass is 10.1. The third kappa shape index (κ3) is 3.89. The Kier molecular flexibility index (Phi) is 6.50. The van der Waals surface area contributed by atoms with Crippen LogP contribution in [0.15, 0.2) is 18.3 Å². The van der Waals surface area contributed by atoms with Gasteiger partial charge in [-0.05, 0) is 31.2 Å². The summed E-state index contributed by atoms with van der Waals surface area (Å²) in [7, 11) is 2.11. The van der Waals surface area contributed by atoms with Gasteiger partial charge in [0.2, 0.25) is 0 Å². The van der Waals surface area contributed by atoms with Crippen molar-refractivity contribution in [1.82, 2.24) is 4.98 Å². The lowest BCUT2D eigenvalue weighted by molar-refractivity contribution is 0.169. The van der Waals surface area contributed by atoms with E-state index in [1.807, 2.05) is 37.0 Å². The van der Waals surface area contributed by atoms with E-state index < -0.39 is 6.10 Å². The van der Waals surface area contributed by atoms with Crippen LogP contribution in [0.25, 0.3) is 0 Å². The molecule has 18 heavy (non-hydrogen) atoms. The SMILES string of the molecule is CCC(CSC)N(C)c1ccc([C@H](O)CC)nc1. The standard InChI is InChI=1S/C14H24N2OS/c1-5-11(10-18-4)16(3)12-7-8-13(15-9-12)14(17)6-2/h7-9,11,14,17H,5-6,10H2,1-4H3/t11?,14-/m1/s1. The van der Waals surface area contributed by atoms with Gasteiger partial charge in [-0.1, -0.05) is 13.8 Å². The summed E-state index contributed by atoms with van der Waals surface area (Å²) in [6.45, 7) is 4.16. The van der Waals surface area contributed by atoms with Crippen LogP contribution in [-0.4, -0.2) is 35.2 Å². The van der Waals surface area contributed by atoms with Gasteiger partial charge < -0.3 is 10.0 Å². The predicted octanol–water partition coefficient (Wildman–Crippen LogP) is 3.10. The minimum atomic E-state index is -0.447. The maximum absolute atomic E-state index is 9.72. The zero-order chi connectivity index (χ0) is 13.5. The highest BCUT2D eigenvalue weighted by Gasteiger charge is 2.14. The van der Waals surface area contributed by atoms with Crippen molar-refractivity contribution in [3.8, 4) is 0 Å². The molecule has 1 rings (SSSR count). The molecule has 0 aliphatic carbocycles. The molecule has 102 valence electrons. The lowest BCUT2D eigenvalue weighted by Crippen LogP contribution is -2.33. The van der Waals surface area contributed by atoms with Crippen LogP contribution in [-0.2, 0) is 0 Å². The van der Waals surface area contributed by atoms with Crippen molar-refractivity contribution in [2.24, 2.45) is 0 Å². The van der Waals surface area contributed by atoms with Gasteiger partial charge in [-0.25, -0.2) is 0 Å². The summed E-state index contributed by atoms with van der Waals surface area (Å²) >= 11 is 1.87. The van der Waals surface area contributed by atoms with Gasteiger partial charge in [-0.2, -0.15) is 11.8 Å². The molecule has 1 aromatic rings. The Balaban J connectivity index is 2.77. The second-order valence-electron chi connectivity index (χ2n) is 4.49. The Labute approximate surface area is 115 Å². The van der Waals surface area contributed by atoms with Crippen molar-refractivity contribution < 1.29 is 5.11 Å². The summed E-state index contributed by atoms with van der Waals surface area (Å²) in [5.74, 6) is 1.12. The van der Waals surface area contributed by atoms with Crippen molar-refractivity contribution in [3.05, 3.63) is 24.0 Å². The molecule has 0 amide bonds. The Morgan fingerprint density at radius 1 is 1.33 bits per heavy atom. The van der Waals surface area contributed by atoms with Crippen LogP contribution in [0.1, 0.15) is 38.5 Å². The van der Waals surface area contributed by atoms with E-state index in [-0.39, 0.29) is 0 Å². The second-order valence-corrected chi connectivity index (χ2v) is 5.40. The van der Waals surface area contributed by atoms with Crippen molar-refractivity contribution in [2.45, 2.75) is 38.8 Å². The number of hydrogen-bond donors (Lipinski definition) is 1. The molecule has 0 saturated carbocycles. The summed E-state index contributed by atoms with van der Waals surface area (Å²) in [5.41, 5.74) is 1.87. The highest BCUT2D eigenvalue weighted by molar-refractivity contribution is 7.98. The number of pyridine rings is 1. The average molecular weight is 268 g/mol. The van der Waals surface area contributed by atoms with Gasteiger partial charge in [0.15, 0.2) is 0 Å². The molecule has 0 radical (unpaired) electrons. The van der Waals surface area contributed by atoms with E-state index in [1.165, 1.54) is 0 Å². The lowest BCUT2D eigenvalue weighted by Gasteiger charge is -2.28. The van der Waals surface area contributed by atoms with E-state index in [0.29, 0.717) is 12.5 Å². The first-order chi connectivity index (χ1) is 8.63. The third-order valence-electron chi connectivity index (χ3n) is 3.28.